The van der Waals surface area contributed by atoms with E-state index in [0.717, 1.165) is 61.9 Å². The number of nitrogens with zero attached hydrogens (tertiary/aromatic N) is 2. The molecule has 0 bridgehead atoms. The van der Waals surface area contributed by atoms with Crippen molar-refractivity contribution in [2.75, 3.05) is 11.9 Å². The lowest BCUT2D eigenvalue weighted by atomic mass is 9.74. The second kappa shape index (κ2) is 9.62. The number of Topliss-reactive ketones (excluding diaryl/α,β-unsaturated/α-hetero) is 1. The molecule has 0 aromatic heterocycles. The van der Waals surface area contributed by atoms with Crippen LogP contribution in [0.5, 0.6) is 0 Å². The number of benzene rings is 1. The molecule has 166 valence electrons. The normalized spacial score (nSPS) is 21.5. The highest BCUT2D eigenvalue weighted by atomic mass is 16.4. The molecule has 2 saturated carbocycles. The van der Waals surface area contributed by atoms with Gasteiger partial charge >= 0.3 is 12.0 Å². The predicted octanol–water partition coefficient (Wildman–Crippen LogP) is 4.67. The smallest absolute Gasteiger partial charge is 0.342 e. The van der Waals surface area contributed by atoms with E-state index in [1.807, 2.05) is 18.2 Å². The Hall–Kier alpha value is -2.70. The lowest BCUT2D eigenvalue weighted by Gasteiger charge is -2.29. The van der Waals surface area contributed by atoms with Crippen LogP contribution in [0.4, 0.5) is 10.5 Å². The Morgan fingerprint density at radius 2 is 1.68 bits per heavy atom. The number of anilines is 1. The summed E-state index contributed by atoms with van der Waals surface area (Å²) >= 11 is 0. The third kappa shape index (κ3) is 4.81. The Kier molecular flexibility index (Phi) is 6.68. The molecule has 1 aromatic carbocycles. The van der Waals surface area contributed by atoms with E-state index in [-0.39, 0.29) is 17.6 Å². The highest BCUT2D eigenvalue weighted by molar-refractivity contribution is 6.18. The van der Waals surface area contributed by atoms with Gasteiger partial charge < -0.3 is 10.4 Å². The molecule has 7 nitrogen and oxygen atoms in total. The number of carbonyl (C=O) groups is 3. The lowest BCUT2D eigenvalue weighted by molar-refractivity contribution is -0.137. The number of amides is 2. The van der Waals surface area contributed by atoms with Crippen LogP contribution in [0.3, 0.4) is 0 Å². The molecule has 0 saturated heterocycles. The van der Waals surface area contributed by atoms with E-state index in [1.54, 1.807) is 6.07 Å². The summed E-state index contributed by atoms with van der Waals surface area (Å²) in [6.07, 6.45) is 10.4. The van der Waals surface area contributed by atoms with Gasteiger partial charge in [0.1, 0.15) is 12.3 Å². The second-order valence-corrected chi connectivity index (χ2v) is 9.03. The number of para-hydroxylation sites is 1. The van der Waals surface area contributed by atoms with Gasteiger partial charge in [-0.3, -0.25) is 9.59 Å². The van der Waals surface area contributed by atoms with E-state index in [1.165, 1.54) is 12.8 Å². The lowest BCUT2D eigenvalue weighted by Crippen LogP contribution is -2.38. The van der Waals surface area contributed by atoms with E-state index in [9.17, 15) is 19.5 Å². The Morgan fingerprint density at radius 1 is 1.03 bits per heavy atom. The fourth-order valence-corrected chi connectivity index (χ4v) is 5.39. The molecular formula is C24H31N3O4. The maximum Gasteiger partial charge on any atom is 0.342 e. The number of rotatable bonds is 6. The number of urea groups is 1. The quantitative estimate of drug-likeness (QED) is 0.647. The summed E-state index contributed by atoms with van der Waals surface area (Å²) in [4.78, 5) is 38.0. The number of aliphatic carboxylic acids is 1. The van der Waals surface area contributed by atoms with Crippen LogP contribution in [0.1, 0.15) is 69.8 Å². The zero-order chi connectivity index (χ0) is 21.8. The molecule has 2 fully saturated rings. The van der Waals surface area contributed by atoms with Crippen LogP contribution < -0.4 is 5.32 Å². The monoisotopic (exact) mass is 425 g/mol. The first-order valence-corrected chi connectivity index (χ1v) is 11.6. The van der Waals surface area contributed by atoms with Gasteiger partial charge in [-0.15, -0.1) is 0 Å². The summed E-state index contributed by atoms with van der Waals surface area (Å²) in [6, 6.07) is 6.78. The van der Waals surface area contributed by atoms with Gasteiger partial charge in [0, 0.05) is 11.5 Å². The van der Waals surface area contributed by atoms with Gasteiger partial charge in [-0.05, 0) is 37.7 Å². The summed E-state index contributed by atoms with van der Waals surface area (Å²) in [6.45, 7) is -0.543. The molecule has 0 spiro atoms. The van der Waals surface area contributed by atoms with Crippen LogP contribution in [0.2, 0.25) is 0 Å². The minimum atomic E-state index is -1.14. The molecule has 3 aliphatic rings. The van der Waals surface area contributed by atoms with Crippen molar-refractivity contribution < 1.29 is 19.5 Å². The Bertz CT molecular complexity index is 867. The molecule has 31 heavy (non-hydrogen) atoms. The number of carboxylic acid groups (broad SMARTS) is 1. The van der Waals surface area contributed by atoms with Crippen molar-refractivity contribution in [2.45, 2.75) is 64.2 Å². The van der Waals surface area contributed by atoms with Gasteiger partial charge in [-0.1, -0.05) is 56.7 Å². The predicted molar refractivity (Wildman–Crippen MR) is 118 cm³/mol. The summed E-state index contributed by atoms with van der Waals surface area (Å²) in [5, 5.41) is 17.6. The first-order chi connectivity index (χ1) is 15.0. The zero-order valence-electron chi connectivity index (χ0n) is 17.9. The van der Waals surface area contributed by atoms with E-state index >= 15 is 0 Å². The van der Waals surface area contributed by atoms with Crippen molar-refractivity contribution in [1.29, 1.82) is 0 Å². The maximum absolute atomic E-state index is 13.9. The molecule has 1 heterocycles. The highest BCUT2D eigenvalue weighted by Gasteiger charge is 2.40. The number of ketones is 1. The maximum atomic E-state index is 13.9. The second-order valence-electron chi connectivity index (χ2n) is 9.03. The first-order valence-electron chi connectivity index (χ1n) is 11.6. The van der Waals surface area contributed by atoms with Crippen molar-refractivity contribution in [3.05, 3.63) is 29.8 Å². The van der Waals surface area contributed by atoms with E-state index in [2.05, 4.69) is 10.4 Å². The summed E-state index contributed by atoms with van der Waals surface area (Å²) < 4.78 is 0. The van der Waals surface area contributed by atoms with Gasteiger partial charge in [0.15, 0.2) is 0 Å². The summed E-state index contributed by atoms with van der Waals surface area (Å²) in [5.74, 6) is -1.13. The minimum Gasteiger partial charge on any atom is -0.480 e. The Balaban J connectivity index is 1.81. The number of hydrogen-bond donors (Lipinski definition) is 2. The van der Waals surface area contributed by atoms with Crippen LogP contribution in [0.15, 0.2) is 29.4 Å². The number of hydrogen-bond acceptors (Lipinski definition) is 4. The average molecular weight is 426 g/mol. The topological polar surface area (TPSA) is 99.1 Å². The number of fused-ring (bicyclic) bond motifs is 1. The molecule has 1 aliphatic heterocycles. The average Bonchev–Trinajstić information content (AvgIpc) is 3.11. The van der Waals surface area contributed by atoms with Gasteiger partial charge in [0.2, 0.25) is 0 Å². The van der Waals surface area contributed by atoms with E-state index in [0.29, 0.717) is 11.4 Å². The molecule has 7 heteroatoms. The van der Waals surface area contributed by atoms with Crippen molar-refractivity contribution >= 4 is 29.2 Å². The first kappa shape index (κ1) is 21.5. The van der Waals surface area contributed by atoms with Crippen molar-refractivity contribution in [2.24, 2.45) is 22.9 Å². The number of nitrogens with one attached hydrogen (secondary N) is 1. The number of hydrazone groups is 1. The number of carbonyl (C=O) groups excluding carboxylic acids is 2. The summed E-state index contributed by atoms with van der Waals surface area (Å²) in [5.41, 5.74) is 1.86. The third-order valence-electron chi connectivity index (χ3n) is 6.92. The van der Waals surface area contributed by atoms with Crippen molar-refractivity contribution in [1.82, 2.24) is 5.01 Å². The molecule has 0 radical (unpaired) electrons. The highest BCUT2D eigenvalue weighted by Crippen LogP contribution is 2.38. The molecule has 1 atom stereocenters. The van der Waals surface area contributed by atoms with Crippen LogP contribution >= 0.6 is 0 Å². The van der Waals surface area contributed by atoms with Crippen LogP contribution in [-0.4, -0.2) is 40.2 Å². The standard InChI is InChI=1S/C24H31N3O4/c28-20(29)15-27-24(31)25-19-14-8-7-13-18(19)22(26-27)21(16-9-3-1-2-4-10-16)23(30)17-11-5-6-12-17/h7-8,13-14,16-17,21H,1-6,9-12,15H2,(H,25,31)(H,28,29). The number of carboxylic acids is 1. The largest absolute Gasteiger partial charge is 0.480 e. The molecule has 2 N–H and O–H groups in total. The molecule has 4 rings (SSSR count). The minimum absolute atomic E-state index is 0.0305. The van der Waals surface area contributed by atoms with E-state index in [4.69, 9.17) is 0 Å². The molecule has 1 aromatic rings. The molecule has 2 amide bonds. The fourth-order valence-electron chi connectivity index (χ4n) is 5.39. The van der Waals surface area contributed by atoms with Crippen molar-refractivity contribution in [3.63, 3.8) is 0 Å². The third-order valence-corrected chi connectivity index (χ3v) is 6.92. The summed E-state index contributed by atoms with van der Waals surface area (Å²) in [7, 11) is 0. The van der Waals surface area contributed by atoms with Gasteiger partial charge in [-0.25, -0.2) is 9.80 Å². The van der Waals surface area contributed by atoms with Gasteiger partial charge in [0.05, 0.1) is 17.3 Å². The SMILES string of the molecule is O=C(O)CN1N=C(C(C(=O)C2CCCC2)C2CCCCCC2)c2ccccc2NC1=O. The van der Waals surface area contributed by atoms with Gasteiger partial charge in [0.25, 0.3) is 0 Å². The van der Waals surface area contributed by atoms with Crippen LogP contribution in [0.25, 0.3) is 0 Å². The van der Waals surface area contributed by atoms with Gasteiger partial charge in [-0.2, -0.15) is 5.10 Å². The molecule has 2 aliphatic carbocycles. The fraction of sp³-hybridized carbons (Fsp3) is 0.583. The van der Waals surface area contributed by atoms with Crippen LogP contribution in [-0.2, 0) is 9.59 Å². The Morgan fingerprint density at radius 3 is 2.35 bits per heavy atom. The van der Waals surface area contributed by atoms with Crippen LogP contribution in [0, 0.1) is 17.8 Å². The zero-order valence-corrected chi connectivity index (χ0v) is 17.9. The molecular weight excluding hydrogens is 394 g/mol. The Labute approximate surface area is 182 Å². The van der Waals surface area contributed by atoms with Crippen molar-refractivity contribution in [3.8, 4) is 0 Å². The van der Waals surface area contributed by atoms with E-state index < -0.39 is 24.5 Å². The molecule has 1 unspecified atom stereocenters.